The first-order valence-electron chi connectivity index (χ1n) is 6.96. The van der Waals surface area contributed by atoms with E-state index < -0.39 is 5.97 Å². The molecule has 0 atom stereocenters. The van der Waals surface area contributed by atoms with Crippen molar-refractivity contribution >= 4 is 17.3 Å². The number of hydrogen-bond acceptors (Lipinski definition) is 5. The van der Waals surface area contributed by atoms with Crippen molar-refractivity contribution in [3.63, 3.8) is 0 Å². The van der Waals surface area contributed by atoms with E-state index >= 15 is 0 Å². The molecule has 112 valence electrons. The van der Waals surface area contributed by atoms with Gasteiger partial charge in [-0.3, -0.25) is 14.6 Å². The van der Waals surface area contributed by atoms with Crippen molar-refractivity contribution in [2.45, 2.75) is 32.7 Å². The van der Waals surface area contributed by atoms with Crippen LogP contribution in [0.5, 0.6) is 0 Å². The summed E-state index contributed by atoms with van der Waals surface area (Å²) in [5.41, 5.74) is 1.26. The van der Waals surface area contributed by atoms with E-state index in [-0.39, 0.29) is 12.0 Å². The highest BCUT2D eigenvalue weighted by atomic mass is 32.1. The molecule has 1 aromatic rings. The van der Waals surface area contributed by atoms with E-state index in [4.69, 9.17) is 10.1 Å². The first kappa shape index (κ1) is 15.4. The molecule has 1 aromatic heterocycles. The molecule has 1 aliphatic heterocycles. The molecule has 1 aliphatic rings. The number of aliphatic carboxylic acids is 1. The fourth-order valence-electron chi connectivity index (χ4n) is 2.22. The van der Waals surface area contributed by atoms with Gasteiger partial charge in [-0.15, -0.1) is 11.3 Å². The van der Waals surface area contributed by atoms with Crippen LogP contribution in [0.25, 0.3) is 0 Å². The Morgan fingerprint density at radius 2 is 1.90 bits per heavy atom. The maximum atomic E-state index is 10.7. The van der Waals surface area contributed by atoms with Crippen LogP contribution in [0.15, 0.2) is 5.38 Å². The van der Waals surface area contributed by atoms with Crippen LogP contribution in [0.1, 0.15) is 31.5 Å². The number of piperazine rings is 1. The molecular weight excluding hydrogens is 274 g/mol. The number of aromatic nitrogens is 1. The second-order valence-electron chi connectivity index (χ2n) is 6.32. The molecule has 0 radical (unpaired) electrons. The zero-order chi connectivity index (χ0) is 14.8. The van der Waals surface area contributed by atoms with Gasteiger partial charge in [0.25, 0.3) is 0 Å². The summed E-state index contributed by atoms with van der Waals surface area (Å²) in [4.78, 5) is 19.7. The molecule has 0 unspecified atom stereocenters. The van der Waals surface area contributed by atoms with E-state index in [2.05, 4.69) is 31.1 Å². The summed E-state index contributed by atoms with van der Waals surface area (Å²) in [6, 6.07) is 0. The second-order valence-corrected chi connectivity index (χ2v) is 7.27. The molecular formula is C14H23N3O2S. The molecule has 1 fully saturated rings. The smallest absolute Gasteiger partial charge is 0.317 e. The van der Waals surface area contributed by atoms with Gasteiger partial charge in [0.2, 0.25) is 0 Å². The summed E-state index contributed by atoms with van der Waals surface area (Å²) in [5, 5.41) is 12.1. The molecule has 5 nitrogen and oxygen atoms in total. The van der Waals surface area contributed by atoms with Crippen LogP contribution < -0.4 is 0 Å². The summed E-state index contributed by atoms with van der Waals surface area (Å²) in [6.07, 6.45) is 0. The molecule has 0 saturated carbocycles. The minimum atomic E-state index is -0.742. The average molecular weight is 297 g/mol. The maximum Gasteiger partial charge on any atom is 0.317 e. The average Bonchev–Trinajstić information content (AvgIpc) is 2.79. The molecule has 0 aliphatic carbocycles. The van der Waals surface area contributed by atoms with Crippen molar-refractivity contribution in [1.82, 2.24) is 14.8 Å². The van der Waals surface area contributed by atoms with Crippen LogP contribution in [0, 0.1) is 0 Å². The number of rotatable bonds is 4. The van der Waals surface area contributed by atoms with Crippen LogP contribution in [0.4, 0.5) is 0 Å². The van der Waals surface area contributed by atoms with Gasteiger partial charge in [0.1, 0.15) is 5.01 Å². The summed E-state index contributed by atoms with van der Waals surface area (Å²) in [5.74, 6) is -0.742. The van der Waals surface area contributed by atoms with Gasteiger partial charge in [0, 0.05) is 37.0 Å². The lowest BCUT2D eigenvalue weighted by Crippen LogP contribution is -2.47. The second kappa shape index (κ2) is 6.20. The van der Waals surface area contributed by atoms with Gasteiger partial charge in [-0.05, 0) is 0 Å². The van der Waals surface area contributed by atoms with Crippen molar-refractivity contribution in [3.8, 4) is 0 Å². The number of thiazole rings is 1. The number of carboxylic acid groups (broad SMARTS) is 1. The van der Waals surface area contributed by atoms with Gasteiger partial charge in [-0.1, -0.05) is 20.8 Å². The Balaban J connectivity index is 1.84. The Hall–Kier alpha value is -0.980. The summed E-state index contributed by atoms with van der Waals surface area (Å²) < 4.78 is 0. The highest BCUT2D eigenvalue weighted by Gasteiger charge is 2.21. The normalized spacial score (nSPS) is 18.4. The Morgan fingerprint density at radius 3 is 2.40 bits per heavy atom. The lowest BCUT2D eigenvalue weighted by molar-refractivity contribution is -0.138. The minimum Gasteiger partial charge on any atom is -0.480 e. The number of carbonyl (C=O) groups is 1. The minimum absolute atomic E-state index is 0.106. The van der Waals surface area contributed by atoms with Gasteiger partial charge in [0.05, 0.1) is 18.8 Å². The van der Waals surface area contributed by atoms with E-state index in [1.54, 1.807) is 11.3 Å². The van der Waals surface area contributed by atoms with Gasteiger partial charge >= 0.3 is 5.97 Å². The van der Waals surface area contributed by atoms with Crippen LogP contribution in [-0.2, 0) is 16.8 Å². The van der Waals surface area contributed by atoms with E-state index in [1.807, 2.05) is 4.90 Å². The van der Waals surface area contributed by atoms with Gasteiger partial charge in [0.15, 0.2) is 0 Å². The van der Waals surface area contributed by atoms with Crippen LogP contribution in [0.3, 0.4) is 0 Å². The lowest BCUT2D eigenvalue weighted by atomic mass is 9.93. The third kappa shape index (κ3) is 4.26. The molecule has 1 N–H and O–H groups in total. The third-order valence-electron chi connectivity index (χ3n) is 3.50. The Kier molecular flexibility index (Phi) is 4.78. The van der Waals surface area contributed by atoms with Crippen molar-refractivity contribution in [2.75, 3.05) is 32.7 Å². The van der Waals surface area contributed by atoms with Crippen LogP contribution in [-0.4, -0.2) is 58.6 Å². The van der Waals surface area contributed by atoms with E-state index in [0.717, 1.165) is 43.4 Å². The SMILES string of the molecule is CC(C)(C)c1csc(CN2CCN(CC(=O)O)CC2)n1. The first-order valence-corrected chi connectivity index (χ1v) is 7.84. The van der Waals surface area contributed by atoms with Gasteiger partial charge < -0.3 is 5.11 Å². The van der Waals surface area contributed by atoms with E-state index in [0.29, 0.717) is 0 Å². The quantitative estimate of drug-likeness (QED) is 0.915. The predicted octanol–water partition coefficient (Wildman–Crippen LogP) is 1.64. The first-order chi connectivity index (χ1) is 9.34. The van der Waals surface area contributed by atoms with Crippen molar-refractivity contribution in [1.29, 1.82) is 0 Å². The lowest BCUT2D eigenvalue weighted by Gasteiger charge is -2.33. The standard InChI is InChI=1S/C14H23N3O2S/c1-14(2,3)11-10-20-12(15-11)8-16-4-6-17(7-5-16)9-13(18)19/h10H,4-9H2,1-3H3,(H,18,19). The number of nitrogens with zero attached hydrogens (tertiary/aromatic N) is 3. The fourth-order valence-corrected chi connectivity index (χ4v) is 3.28. The van der Waals surface area contributed by atoms with Gasteiger partial charge in [-0.2, -0.15) is 0 Å². The summed E-state index contributed by atoms with van der Waals surface area (Å²) in [7, 11) is 0. The number of hydrogen-bond donors (Lipinski definition) is 1. The van der Waals surface area contributed by atoms with Crippen molar-refractivity contribution in [2.24, 2.45) is 0 Å². The third-order valence-corrected chi connectivity index (χ3v) is 4.34. The topological polar surface area (TPSA) is 56.7 Å². The number of carboxylic acids is 1. The molecule has 1 saturated heterocycles. The Labute approximate surface area is 124 Å². The van der Waals surface area contributed by atoms with Crippen LogP contribution >= 0.6 is 11.3 Å². The van der Waals surface area contributed by atoms with Crippen molar-refractivity contribution in [3.05, 3.63) is 16.1 Å². The molecule has 0 bridgehead atoms. The molecule has 0 aromatic carbocycles. The highest BCUT2D eigenvalue weighted by Crippen LogP contribution is 2.24. The predicted molar refractivity (Wildman–Crippen MR) is 80.2 cm³/mol. The molecule has 6 heteroatoms. The Bertz CT molecular complexity index is 459. The molecule has 0 spiro atoms. The summed E-state index contributed by atoms with van der Waals surface area (Å²) in [6.45, 7) is 11.0. The van der Waals surface area contributed by atoms with E-state index in [1.165, 1.54) is 0 Å². The van der Waals surface area contributed by atoms with Crippen LogP contribution in [0.2, 0.25) is 0 Å². The van der Waals surface area contributed by atoms with Crippen molar-refractivity contribution < 1.29 is 9.90 Å². The van der Waals surface area contributed by atoms with Gasteiger partial charge in [-0.25, -0.2) is 4.98 Å². The molecule has 2 rings (SSSR count). The zero-order valence-electron chi connectivity index (χ0n) is 12.4. The zero-order valence-corrected chi connectivity index (χ0v) is 13.2. The maximum absolute atomic E-state index is 10.7. The largest absolute Gasteiger partial charge is 0.480 e. The highest BCUT2D eigenvalue weighted by molar-refractivity contribution is 7.09. The molecule has 20 heavy (non-hydrogen) atoms. The monoisotopic (exact) mass is 297 g/mol. The van der Waals surface area contributed by atoms with E-state index in [9.17, 15) is 4.79 Å². The molecule has 2 heterocycles. The Morgan fingerprint density at radius 1 is 1.30 bits per heavy atom. The molecule has 0 amide bonds. The summed E-state index contributed by atoms with van der Waals surface area (Å²) >= 11 is 1.72. The fraction of sp³-hybridized carbons (Fsp3) is 0.714.